The van der Waals surface area contributed by atoms with Crippen molar-refractivity contribution in [2.45, 2.75) is 26.8 Å². The van der Waals surface area contributed by atoms with E-state index in [1.807, 2.05) is 49.2 Å². The zero-order chi connectivity index (χ0) is 28.7. The van der Waals surface area contributed by atoms with Gasteiger partial charge in [0.2, 0.25) is 0 Å². The molecular weight excluding hydrogens is 797 g/mol. The van der Waals surface area contributed by atoms with Gasteiger partial charge < -0.3 is 14.5 Å². The van der Waals surface area contributed by atoms with E-state index in [-0.39, 0.29) is 0 Å². The van der Waals surface area contributed by atoms with Gasteiger partial charge >= 0.3 is 0 Å². The number of H-pyrrole nitrogens is 2. The highest BCUT2D eigenvalue weighted by Crippen LogP contribution is 2.20. The van der Waals surface area contributed by atoms with Gasteiger partial charge in [-0.2, -0.15) is 5.26 Å². The van der Waals surface area contributed by atoms with Gasteiger partial charge in [0.1, 0.15) is 6.54 Å². The predicted octanol–water partition coefficient (Wildman–Crippen LogP) is 9.86. The Hall–Kier alpha value is -1.36. The minimum Gasteiger partial charge on any atom is -0.361 e. The van der Waals surface area contributed by atoms with E-state index in [2.05, 4.69) is 149 Å². The average molecular weight is 839 g/mol. The Bertz CT molecular complexity index is 1160. The summed E-state index contributed by atoms with van der Waals surface area (Å²) in [6.07, 6.45) is 7.99. The summed E-state index contributed by atoms with van der Waals surface area (Å²) in [6, 6.07) is 18.6. The molecule has 7 heteroatoms. The molecule has 0 amide bonds. The van der Waals surface area contributed by atoms with E-state index < -0.39 is 0 Å². The number of rotatable bonds is 3. The largest absolute Gasteiger partial charge is 0.361 e. The molecule has 0 spiro atoms. The van der Waals surface area contributed by atoms with Crippen molar-refractivity contribution in [3.63, 3.8) is 0 Å². The molecule has 0 aliphatic heterocycles. The fourth-order valence-electron chi connectivity index (χ4n) is 3.14. The number of quaternary nitrogens is 1. The first kappa shape index (κ1) is 37.8. The van der Waals surface area contributed by atoms with Crippen molar-refractivity contribution in [3.8, 4) is 6.07 Å². The van der Waals surface area contributed by atoms with Crippen molar-refractivity contribution in [1.82, 2.24) is 9.97 Å². The fraction of sp³-hybridized carbons (Fsp3) is 0.300. The summed E-state index contributed by atoms with van der Waals surface area (Å²) < 4.78 is 2.15. The van der Waals surface area contributed by atoms with E-state index in [0.29, 0.717) is 6.42 Å². The third-order valence-corrected chi connectivity index (χ3v) is 4.26. The maximum absolute atomic E-state index is 8.53. The first-order valence-electron chi connectivity index (χ1n) is 11.6. The number of fused-ring (bicyclic) bond motifs is 2. The summed E-state index contributed by atoms with van der Waals surface area (Å²) in [6.45, 7) is 11.6. The summed E-state index contributed by atoms with van der Waals surface area (Å²) in [7, 11) is 6.63. The van der Waals surface area contributed by atoms with Crippen molar-refractivity contribution < 1.29 is 4.48 Å². The second-order valence-electron chi connectivity index (χ2n) is 8.42. The molecule has 37 heavy (non-hydrogen) atoms. The number of benzene rings is 2. The third kappa shape index (κ3) is 17.0. The van der Waals surface area contributed by atoms with E-state index in [4.69, 9.17) is 5.26 Å². The summed E-state index contributed by atoms with van der Waals surface area (Å²) in [5, 5.41) is 11.0. The number of aromatic nitrogens is 2. The van der Waals surface area contributed by atoms with Gasteiger partial charge in [-0.15, -0.1) is 13.2 Å². The van der Waals surface area contributed by atoms with E-state index in [1.54, 1.807) is 12.2 Å². The SMILES string of the molecule is C=CC.C=CC.CI.C[N+](C)(C)Cc1c[nH]c2ccccc12.ICI.N#CCc1c[nH]c2ccccc12. The quantitative estimate of drug-likeness (QED) is 0.0919. The Balaban J connectivity index is 0. The number of nitrogens with one attached hydrogen (secondary N) is 2. The van der Waals surface area contributed by atoms with Crippen LogP contribution in [0.3, 0.4) is 0 Å². The summed E-state index contributed by atoms with van der Waals surface area (Å²) in [4.78, 5) is 8.39. The molecule has 0 aliphatic rings. The first-order chi connectivity index (χ1) is 17.7. The Morgan fingerprint density at radius 2 is 1.16 bits per heavy atom. The van der Waals surface area contributed by atoms with Crippen LogP contribution in [0.2, 0.25) is 0 Å². The Morgan fingerprint density at radius 3 is 1.54 bits per heavy atom. The van der Waals surface area contributed by atoms with Gasteiger partial charge in [-0.3, -0.25) is 0 Å². The molecule has 0 unspecified atom stereocenters. The van der Waals surface area contributed by atoms with E-state index in [0.717, 1.165) is 27.5 Å². The minimum absolute atomic E-state index is 0.476. The first-order valence-corrected chi connectivity index (χ1v) is 16.8. The maximum atomic E-state index is 8.53. The number of alkyl halides is 3. The molecule has 0 radical (unpaired) electrons. The molecule has 2 N–H and O–H groups in total. The number of nitriles is 1. The van der Waals surface area contributed by atoms with Crippen LogP contribution in [0.15, 0.2) is 86.2 Å². The molecule has 0 bridgehead atoms. The third-order valence-electron chi connectivity index (χ3n) is 4.26. The Kier molecular flexibility index (Phi) is 24.2. The normalized spacial score (nSPS) is 9.19. The van der Waals surface area contributed by atoms with Crippen LogP contribution in [0, 0.1) is 11.3 Å². The zero-order valence-corrected chi connectivity index (χ0v) is 29.5. The molecule has 0 saturated heterocycles. The highest BCUT2D eigenvalue weighted by Gasteiger charge is 2.12. The summed E-state index contributed by atoms with van der Waals surface area (Å²) >= 11 is 6.70. The molecule has 4 aromatic rings. The van der Waals surface area contributed by atoms with E-state index in [9.17, 15) is 0 Å². The molecular formula is C30H42I3N4+. The molecule has 0 saturated carbocycles. The van der Waals surface area contributed by atoms with Crippen molar-refractivity contribution in [2.24, 2.45) is 0 Å². The lowest BCUT2D eigenvalue weighted by Gasteiger charge is -2.23. The maximum Gasteiger partial charge on any atom is 0.106 e. The number of halogens is 3. The topological polar surface area (TPSA) is 55.4 Å². The molecule has 4 rings (SSSR count). The molecule has 4 nitrogen and oxygen atoms in total. The summed E-state index contributed by atoms with van der Waals surface area (Å²) in [5.74, 6) is 0. The van der Waals surface area contributed by atoms with Crippen LogP contribution < -0.4 is 0 Å². The highest BCUT2D eigenvalue weighted by atomic mass is 127. The van der Waals surface area contributed by atoms with Gasteiger partial charge in [0.15, 0.2) is 0 Å². The number of hydrogen-bond donors (Lipinski definition) is 2. The molecule has 2 aromatic carbocycles. The molecule has 0 atom stereocenters. The lowest BCUT2D eigenvalue weighted by atomic mass is 10.1. The zero-order valence-electron chi connectivity index (χ0n) is 23.0. The van der Waals surface area contributed by atoms with E-state index in [1.165, 1.54) is 18.9 Å². The van der Waals surface area contributed by atoms with Gasteiger partial charge in [0.25, 0.3) is 0 Å². The van der Waals surface area contributed by atoms with Gasteiger partial charge in [0.05, 0.1) is 36.1 Å². The van der Waals surface area contributed by atoms with Gasteiger partial charge in [-0.25, -0.2) is 0 Å². The number of aromatic amines is 2. The van der Waals surface area contributed by atoms with Crippen LogP contribution in [-0.4, -0.2) is 43.0 Å². The van der Waals surface area contributed by atoms with Crippen LogP contribution in [0.4, 0.5) is 0 Å². The van der Waals surface area contributed by atoms with Crippen LogP contribution >= 0.6 is 67.8 Å². The molecule has 2 heterocycles. The van der Waals surface area contributed by atoms with Crippen molar-refractivity contribution in [1.29, 1.82) is 5.26 Å². The van der Waals surface area contributed by atoms with Gasteiger partial charge in [-0.1, -0.05) is 116 Å². The fourth-order valence-corrected chi connectivity index (χ4v) is 3.14. The minimum atomic E-state index is 0.476. The number of para-hydroxylation sites is 2. The Morgan fingerprint density at radius 1 is 0.811 bits per heavy atom. The van der Waals surface area contributed by atoms with Crippen molar-refractivity contribution in [3.05, 3.63) is 97.4 Å². The predicted molar refractivity (Wildman–Crippen MR) is 192 cm³/mol. The number of nitrogens with zero attached hydrogens (tertiary/aromatic N) is 2. The lowest BCUT2D eigenvalue weighted by molar-refractivity contribution is -0.883. The second kappa shape index (κ2) is 23.7. The lowest BCUT2D eigenvalue weighted by Crippen LogP contribution is -2.33. The second-order valence-corrected chi connectivity index (χ2v) is 12.9. The smallest absolute Gasteiger partial charge is 0.106 e. The molecule has 2 aromatic heterocycles. The van der Waals surface area contributed by atoms with Gasteiger partial charge in [0, 0.05) is 39.8 Å². The van der Waals surface area contributed by atoms with Crippen molar-refractivity contribution >= 4 is 89.6 Å². The number of allylic oxidation sites excluding steroid dienone is 2. The molecule has 202 valence electrons. The van der Waals surface area contributed by atoms with Crippen LogP contribution in [0.25, 0.3) is 21.8 Å². The Labute approximate surface area is 265 Å². The van der Waals surface area contributed by atoms with E-state index >= 15 is 0 Å². The van der Waals surface area contributed by atoms with Crippen LogP contribution in [0.5, 0.6) is 0 Å². The van der Waals surface area contributed by atoms with Crippen LogP contribution in [0.1, 0.15) is 25.0 Å². The number of hydrogen-bond acceptors (Lipinski definition) is 1. The van der Waals surface area contributed by atoms with Crippen molar-refractivity contribution in [2.75, 3.05) is 28.5 Å². The monoisotopic (exact) mass is 839 g/mol. The van der Waals surface area contributed by atoms with Crippen LogP contribution in [-0.2, 0) is 13.0 Å². The van der Waals surface area contributed by atoms with Gasteiger partial charge in [-0.05, 0) is 36.5 Å². The standard InChI is InChI=1S/C12H17N2.C10H8N2.2C3H6.CH2I2.CH3I/c1-14(2,3)9-10-8-13-12-7-5-4-6-11(10)12;11-6-5-8-7-12-10-4-2-1-3-9(8)10;2*1-3-2;2-1-3;1-2/h4-8,13H,9H2,1-3H3;1-4,7,12H,5H2;2*3H,1H2,2H3;1H2;1H3/q+1;;;;;. The average Bonchev–Trinajstić information content (AvgIpc) is 3.46. The molecule has 0 aliphatic carbocycles. The molecule has 0 fully saturated rings. The summed E-state index contributed by atoms with van der Waals surface area (Å²) in [5.41, 5.74) is 4.81. The highest BCUT2D eigenvalue weighted by molar-refractivity contribution is 14.2.